The normalized spacial score (nSPS) is 10.8. The number of methoxy groups -OCH3 is 1. The van der Waals surface area contributed by atoms with E-state index in [1.807, 2.05) is 59.2 Å². The van der Waals surface area contributed by atoms with Crippen molar-refractivity contribution in [3.8, 4) is 0 Å². The lowest BCUT2D eigenvalue weighted by molar-refractivity contribution is 0.0988. The molecule has 1 amide bonds. The summed E-state index contributed by atoms with van der Waals surface area (Å²) in [7, 11) is 1.65. The van der Waals surface area contributed by atoms with Gasteiger partial charge in [-0.05, 0) is 40.8 Å². The predicted octanol–water partition coefficient (Wildman–Crippen LogP) is 4.68. The molecule has 5 heteroatoms. The molecule has 128 valence electrons. The number of benzene rings is 2. The van der Waals surface area contributed by atoms with Crippen molar-refractivity contribution in [3.05, 3.63) is 76.5 Å². The number of ether oxygens (including phenoxy) is 1. The minimum atomic E-state index is -0.0402. The zero-order valence-corrected chi connectivity index (χ0v) is 16.1. The van der Waals surface area contributed by atoms with Crippen LogP contribution in [0.3, 0.4) is 0 Å². The number of halogens is 1. The molecule has 25 heavy (non-hydrogen) atoms. The smallest absolute Gasteiger partial charge is 0.261 e. The van der Waals surface area contributed by atoms with E-state index in [9.17, 15) is 4.79 Å². The number of carbonyl (C=O) groups is 1. The first kappa shape index (κ1) is 17.7. The average molecular weight is 446 g/mol. The molecule has 0 bridgehead atoms. The van der Waals surface area contributed by atoms with Crippen LogP contribution in [0.2, 0.25) is 0 Å². The van der Waals surface area contributed by atoms with Gasteiger partial charge in [-0.25, -0.2) is 0 Å². The first-order valence-electron chi connectivity index (χ1n) is 7.92. The summed E-state index contributed by atoms with van der Waals surface area (Å²) in [6.45, 7) is 4.65. The number of nitrogens with zero attached hydrogens (tertiary/aromatic N) is 2. The highest BCUT2D eigenvalue weighted by Gasteiger charge is 2.25. The van der Waals surface area contributed by atoms with Crippen molar-refractivity contribution in [2.24, 2.45) is 0 Å². The second-order valence-electron chi connectivity index (χ2n) is 5.57. The van der Waals surface area contributed by atoms with Crippen molar-refractivity contribution in [2.75, 3.05) is 18.6 Å². The Morgan fingerprint density at radius 2 is 1.88 bits per heavy atom. The summed E-state index contributed by atoms with van der Waals surface area (Å²) in [6, 6.07) is 17.6. The highest BCUT2D eigenvalue weighted by Crippen LogP contribution is 2.30. The Kier molecular flexibility index (Phi) is 5.55. The van der Waals surface area contributed by atoms with Gasteiger partial charge >= 0.3 is 0 Å². The summed E-state index contributed by atoms with van der Waals surface area (Å²) >= 11 is 2.22. The van der Waals surface area contributed by atoms with Crippen LogP contribution in [0.4, 0.5) is 5.69 Å². The number of anilines is 1. The molecule has 0 saturated heterocycles. The van der Waals surface area contributed by atoms with Crippen LogP contribution in [0.5, 0.6) is 0 Å². The Morgan fingerprint density at radius 1 is 1.20 bits per heavy atom. The van der Waals surface area contributed by atoms with Crippen LogP contribution in [-0.2, 0) is 11.5 Å². The molecule has 0 unspecified atom stereocenters. The van der Waals surface area contributed by atoms with Gasteiger partial charge in [0, 0.05) is 24.7 Å². The molecule has 0 spiro atoms. The summed E-state index contributed by atoms with van der Waals surface area (Å²) in [5.74, 6) is -0.0402. The molecule has 0 atom stereocenters. The Morgan fingerprint density at radius 3 is 2.56 bits per heavy atom. The maximum absolute atomic E-state index is 13.4. The van der Waals surface area contributed by atoms with Crippen LogP contribution in [0.1, 0.15) is 10.4 Å². The van der Waals surface area contributed by atoms with E-state index in [2.05, 4.69) is 29.2 Å². The molecule has 2 aromatic carbocycles. The summed E-state index contributed by atoms with van der Waals surface area (Å²) in [5, 5.41) is 0.930. The van der Waals surface area contributed by atoms with Crippen LogP contribution in [-0.4, -0.2) is 24.1 Å². The van der Waals surface area contributed by atoms with E-state index in [1.54, 1.807) is 18.1 Å². The lowest BCUT2D eigenvalue weighted by Crippen LogP contribution is -2.31. The van der Waals surface area contributed by atoms with Crippen LogP contribution in [0.15, 0.2) is 67.3 Å². The summed E-state index contributed by atoms with van der Waals surface area (Å²) < 4.78 is 8.20. The van der Waals surface area contributed by atoms with Crippen molar-refractivity contribution in [3.63, 3.8) is 0 Å². The second kappa shape index (κ2) is 7.84. The van der Waals surface area contributed by atoms with Crippen LogP contribution >= 0.6 is 22.6 Å². The largest absolute Gasteiger partial charge is 0.364 e. The quantitative estimate of drug-likeness (QED) is 0.407. The number of para-hydroxylation sites is 2. The van der Waals surface area contributed by atoms with Crippen LogP contribution < -0.4 is 4.90 Å². The average Bonchev–Trinajstić information content (AvgIpc) is 2.92. The minimum absolute atomic E-state index is 0.0402. The topological polar surface area (TPSA) is 34.5 Å². The molecule has 1 heterocycles. The number of aromatic nitrogens is 1. The number of carbonyl (C=O) groups excluding carboxylic acids is 1. The fourth-order valence-corrected chi connectivity index (χ4v) is 3.83. The monoisotopic (exact) mass is 446 g/mol. The highest BCUT2D eigenvalue weighted by atomic mass is 127. The van der Waals surface area contributed by atoms with Gasteiger partial charge in [0.05, 0.1) is 14.8 Å². The van der Waals surface area contributed by atoms with Gasteiger partial charge in [-0.15, -0.1) is 6.58 Å². The lowest BCUT2D eigenvalue weighted by atomic mass is 10.1. The number of hydrogen-bond donors (Lipinski definition) is 0. The van der Waals surface area contributed by atoms with Crippen molar-refractivity contribution >= 4 is 45.1 Å². The molecule has 3 aromatic rings. The summed E-state index contributed by atoms with van der Waals surface area (Å²) in [6.07, 6.45) is 1.74. The number of fused-ring (bicyclic) bond motifs is 1. The van der Waals surface area contributed by atoms with Gasteiger partial charge in [-0.2, -0.15) is 0 Å². The summed E-state index contributed by atoms with van der Waals surface area (Å²) in [5.41, 5.74) is 2.54. The van der Waals surface area contributed by atoms with E-state index >= 15 is 0 Å². The zero-order chi connectivity index (χ0) is 17.8. The van der Waals surface area contributed by atoms with Gasteiger partial charge in [-0.3, -0.25) is 4.79 Å². The number of rotatable bonds is 6. The first-order chi connectivity index (χ1) is 12.2. The van der Waals surface area contributed by atoms with Crippen LogP contribution in [0.25, 0.3) is 10.9 Å². The minimum Gasteiger partial charge on any atom is -0.364 e. The highest BCUT2D eigenvalue weighted by molar-refractivity contribution is 14.1. The van der Waals surface area contributed by atoms with E-state index in [-0.39, 0.29) is 5.91 Å². The van der Waals surface area contributed by atoms with Crippen molar-refractivity contribution in [1.82, 2.24) is 4.57 Å². The molecule has 0 N–H and O–H groups in total. The van der Waals surface area contributed by atoms with Gasteiger partial charge in [0.1, 0.15) is 6.73 Å². The predicted molar refractivity (Wildman–Crippen MR) is 110 cm³/mol. The first-order valence-corrected chi connectivity index (χ1v) is 9.00. The zero-order valence-electron chi connectivity index (χ0n) is 14.0. The fourth-order valence-electron chi connectivity index (χ4n) is 2.91. The van der Waals surface area contributed by atoms with E-state index < -0.39 is 0 Å². The van der Waals surface area contributed by atoms with Gasteiger partial charge in [-0.1, -0.05) is 42.5 Å². The Labute approximate surface area is 160 Å². The van der Waals surface area contributed by atoms with Crippen molar-refractivity contribution in [1.29, 1.82) is 0 Å². The van der Waals surface area contributed by atoms with Crippen molar-refractivity contribution in [2.45, 2.75) is 6.73 Å². The van der Waals surface area contributed by atoms with Gasteiger partial charge < -0.3 is 14.2 Å². The molecular weight excluding hydrogens is 427 g/mol. The lowest BCUT2D eigenvalue weighted by Gasteiger charge is -2.21. The molecule has 0 fully saturated rings. The Hall–Kier alpha value is -2.12. The second-order valence-corrected chi connectivity index (χ2v) is 6.59. The third-order valence-corrected chi connectivity index (χ3v) is 5.13. The molecule has 0 aliphatic carbocycles. The maximum atomic E-state index is 13.4. The third kappa shape index (κ3) is 3.34. The third-order valence-electron chi connectivity index (χ3n) is 4.00. The molecule has 0 aliphatic heterocycles. The van der Waals surface area contributed by atoms with Gasteiger partial charge in [0.25, 0.3) is 5.91 Å². The molecule has 0 radical (unpaired) electrons. The number of amides is 1. The molecule has 0 saturated carbocycles. The van der Waals surface area contributed by atoms with Gasteiger partial charge in [0.15, 0.2) is 0 Å². The molecule has 4 nitrogen and oxygen atoms in total. The van der Waals surface area contributed by atoms with Crippen molar-refractivity contribution < 1.29 is 9.53 Å². The van der Waals surface area contributed by atoms with Crippen LogP contribution in [0, 0.1) is 3.70 Å². The standard InChI is InChI=1S/C20H19IN2O2/c1-3-13-22(15-9-5-4-6-10-15)20(24)18-16-11-7-8-12-17(16)23(14-25-2)19(18)21/h3-12H,1,13-14H2,2H3. The number of hydrogen-bond acceptors (Lipinski definition) is 2. The molecular formula is C20H19IN2O2. The SMILES string of the molecule is C=CCN(C(=O)c1c(I)n(COC)c2ccccc12)c1ccccc1. The van der Waals surface area contributed by atoms with E-state index in [4.69, 9.17) is 4.74 Å². The Bertz CT molecular complexity index is 903. The molecule has 1 aromatic heterocycles. The van der Waals surface area contributed by atoms with E-state index in [0.29, 0.717) is 18.8 Å². The fraction of sp³-hybridized carbons (Fsp3) is 0.150. The molecule has 3 rings (SSSR count). The van der Waals surface area contributed by atoms with E-state index in [0.717, 1.165) is 20.3 Å². The summed E-state index contributed by atoms with van der Waals surface area (Å²) in [4.78, 5) is 15.2. The van der Waals surface area contributed by atoms with Gasteiger partial charge in [0.2, 0.25) is 0 Å². The maximum Gasteiger partial charge on any atom is 0.261 e. The Balaban J connectivity index is 2.15. The molecule has 0 aliphatic rings. The van der Waals surface area contributed by atoms with E-state index in [1.165, 1.54) is 0 Å².